The number of fused-ring (bicyclic) bond motifs is 1. The summed E-state index contributed by atoms with van der Waals surface area (Å²) in [5.41, 5.74) is 4.79. The van der Waals surface area contributed by atoms with Crippen molar-refractivity contribution in [1.82, 2.24) is 4.98 Å². The van der Waals surface area contributed by atoms with E-state index in [4.69, 9.17) is 16.7 Å². The molecule has 6 heteroatoms. The van der Waals surface area contributed by atoms with Gasteiger partial charge in [0.15, 0.2) is 0 Å². The van der Waals surface area contributed by atoms with Crippen molar-refractivity contribution in [3.63, 3.8) is 0 Å². The van der Waals surface area contributed by atoms with Gasteiger partial charge in [-0.1, -0.05) is 54.1 Å². The second-order valence-corrected chi connectivity index (χ2v) is 8.00. The van der Waals surface area contributed by atoms with Crippen molar-refractivity contribution in [2.45, 2.75) is 4.90 Å². The van der Waals surface area contributed by atoms with Crippen LogP contribution in [0.1, 0.15) is 0 Å². The molecule has 0 unspecified atom stereocenters. The maximum absolute atomic E-state index is 11.5. The molecule has 0 amide bonds. The molecule has 3 aromatic carbocycles. The number of halogens is 1. The Hall–Kier alpha value is -2.60. The van der Waals surface area contributed by atoms with Crippen molar-refractivity contribution in [2.24, 2.45) is 5.14 Å². The van der Waals surface area contributed by atoms with Crippen LogP contribution in [-0.4, -0.2) is 13.4 Å². The maximum atomic E-state index is 11.5. The van der Waals surface area contributed by atoms with Gasteiger partial charge in [0.1, 0.15) is 0 Å². The molecule has 0 radical (unpaired) electrons. The van der Waals surface area contributed by atoms with Gasteiger partial charge in [0.25, 0.3) is 0 Å². The molecule has 130 valence electrons. The number of rotatable bonds is 3. The molecule has 0 fully saturated rings. The average molecular weight is 383 g/mol. The van der Waals surface area contributed by atoms with Crippen LogP contribution in [-0.2, 0) is 10.0 Å². The molecule has 0 atom stereocenters. The van der Waals surface area contributed by atoms with E-state index in [-0.39, 0.29) is 4.90 Å². The van der Waals surface area contributed by atoms with Crippen molar-refractivity contribution < 1.29 is 8.42 Å². The van der Waals surface area contributed by atoms with Gasteiger partial charge in [0.05, 0.1) is 10.6 Å². The highest BCUT2D eigenvalue weighted by atomic mass is 35.5. The molecule has 1 heterocycles. The van der Waals surface area contributed by atoms with Crippen LogP contribution in [0.2, 0.25) is 5.02 Å². The van der Waals surface area contributed by atoms with E-state index >= 15 is 0 Å². The molecule has 3 N–H and O–H groups in total. The molecule has 4 nitrogen and oxygen atoms in total. The van der Waals surface area contributed by atoms with Crippen molar-refractivity contribution in [2.75, 3.05) is 0 Å². The van der Waals surface area contributed by atoms with Gasteiger partial charge in [-0.2, -0.15) is 0 Å². The fraction of sp³-hybridized carbons (Fsp3) is 0. The fourth-order valence-corrected chi connectivity index (χ4v) is 3.78. The summed E-state index contributed by atoms with van der Waals surface area (Å²) in [5.74, 6) is 0. The number of benzene rings is 3. The Morgan fingerprint density at radius 3 is 2.19 bits per heavy atom. The average Bonchev–Trinajstić information content (AvgIpc) is 3.00. The summed E-state index contributed by atoms with van der Waals surface area (Å²) in [5, 5.41) is 6.86. The number of hydrogen-bond acceptors (Lipinski definition) is 2. The molecule has 4 aromatic rings. The molecule has 0 aliphatic heterocycles. The minimum Gasteiger partial charge on any atom is -0.354 e. The van der Waals surface area contributed by atoms with E-state index < -0.39 is 10.0 Å². The predicted molar refractivity (Wildman–Crippen MR) is 106 cm³/mol. The fourth-order valence-electron chi connectivity index (χ4n) is 3.10. The van der Waals surface area contributed by atoms with Gasteiger partial charge >= 0.3 is 0 Å². The van der Waals surface area contributed by atoms with Gasteiger partial charge in [-0.05, 0) is 41.5 Å². The number of nitrogens with two attached hydrogens (primary N) is 1. The molecule has 4 rings (SSSR count). The van der Waals surface area contributed by atoms with E-state index in [2.05, 4.69) is 4.98 Å². The van der Waals surface area contributed by atoms with Crippen LogP contribution in [0.4, 0.5) is 0 Å². The molecule has 0 saturated carbocycles. The summed E-state index contributed by atoms with van der Waals surface area (Å²) < 4.78 is 23.0. The zero-order valence-electron chi connectivity index (χ0n) is 13.6. The first-order chi connectivity index (χ1) is 12.4. The molecule has 0 aliphatic rings. The number of H-pyrrole nitrogens is 1. The number of nitrogens with one attached hydrogen (secondary N) is 1. The Morgan fingerprint density at radius 1 is 0.846 bits per heavy atom. The van der Waals surface area contributed by atoms with Crippen LogP contribution in [0.15, 0.2) is 77.7 Å². The Balaban J connectivity index is 1.98. The van der Waals surface area contributed by atoms with Crippen molar-refractivity contribution in [1.29, 1.82) is 0 Å². The molecule has 26 heavy (non-hydrogen) atoms. The first-order valence-corrected chi connectivity index (χ1v) is 9.86. The monoisotopic (exact) mass is 382 g/mol. The third-order valence-electron chi connectivity index (χ3n) is 4.29. The molecule has 0 bridgehead atoms. The van der Waals surface area contributed by atoms with E-state index in [1.54, 1.807) is 12.1 Å². The summed E-state index contributed by atoms with van der Waals surface area (Å²) in [6, 6.07) is 22.2. The quantitative estimate of drug-likeness (QED) is 0.533. The van der Waals surface area contributed by atoms with Gasteiger partial charge in [-0.25, -0.2) is 13.6 Å². The van der Waals surface area contributed by atoms with Crippen LogP contribution < -0.4 is 5.14 Å². The Bertz CT molecular complexity index is 1200. The highest BCUT2D eigenvalue weighted by molar-refractivity contribution is 7.89. The third kappa shape index (κ3) is 3.01. The lowest BCUT2D eigenvalue weighted by Crippen LogP contribution is -2.11. The SMILES string of the molecule is NS(=O)(=O)c1ccc(-c2[nH]c3ccc(Cl)cc3c2-c2ccccc2)cc1. The first kappa shape index (κ1) is 16.8. The van der Waals surface area contributed by atoms with Gasteiger partial charge in [0.2, 0.25) is 10.0 Å². The lowest BCUT2D eigenvalue weighted by atomic mass is 9.98. The number of primary sulfonamides is 1. The highest BCUT2D eigenvalue weighted by Gasteiger charge is 2.16. The van der Waals surface area contributed by atoms with Crippen LogP contribution in [0.5, 0.6) is 0 Å². The van der Waals surface area contributed by atoms with E-state index in [9.17, 15) is 8.42 Å². The smallest absolute Gasteiger partial charge is 0.238 e. The summed E-state index contributed by atoms with van der Waals surface area (Å²) >= 11 is 6.21. The highest BCUT2D eigenvalue weighted by Crippen LogP contribution is 2.39. The van der Waals surface area contributed by atoms with E-state index in [0.717, 1.165) is 33.3 Å². The molecule has 0 saturated heterocycles. The Labute approximate surface area is 156 Å². The summed E-state index contributed by atoms with van der Waals surface area (Å²) in [7, 11) is -3.72. The lowest BCUT2D eigenvalue weighted by molar-refractivity contribution is 0.598. The number of aromatic nitrogens is 1. The van der Waals surface area contributed by atoms with E-state index in [1.165, 1.54) is 12.1 Å². The minimum atomic E-state index is -3.72. The lowest BCUT2D eigenvalue weighted by Gasteiger charge is -2.07. The van der Waals surface area contributed by atoms with E-state index in [1.807, 2.05) is 48.5 Å². The number of sulfonamides is 1. The molecular weight excluding hydrogens is 368 g/mol. The van der Waals surface area contributed by atoms with Gasteiger partial charge < -0.3 is 4.98 Å². The molecule has 0 spiro atoms. The first-order valence-electron chi connectivity index (χ1n) is 7.93. The molecule has 0 aliphatic carbocycles. The largest absolute Gasteiger partial charge is 0.354 e. The van der Waals surface area contributed by atoms with Gasteiger partial charge in [-0.15, -0.1) is 0 Å². The molecular formula is C20H15ClN2O2S. The zero-order chi connectivity index (χ0) is 18.3. The predicted octanol–water partition coefficient (Wildman–Crippen LogP) is 4.80. The summed E-state index contributed by atoms with van der Waals surface area (Å²) in [4.78, 5) is 3.51. The zero-order valence-corrected chi connectivity index (χ0v) is 15.2. The molecule has 1 aromatic heterocycles. The van der Waals surface area contributed by atoms with Crippen LogP contribution in [0.25, 0.3) is 33.3 Å². The third-order valence-corrected chi connectivity index (χ3v) is 5.46. The van der Waals surface area contributed by atoms with Crippen LogP contribution >= 0.6 is 11.6 Å². The number of aromatic amines is 1. The maximum Gasteiger partial charge on any atom is 0.238 e. The van der Waals surface area contributed by atoms with Gasteiger partial charge in [-0.3, -0.25) is 0 Å². The van der Waals surface area contributed by atoms with Crippen LogP contribution in [0.3, 0.4) is 0 Å². The second kappa shape index (κ2) is 6.29. The van der Waals surface area contributed by atoms with Crippen LogP contribution in [0, 0.1) is 0 Å². The van der Waals surface area contributed by atoms with Crippen molar-refractivity contribution >= 4 is 32.5 Å². The topological polar surface area (TPSA) is 76.0 Å². The van der Waals surface area contributed by atoms with Gasteiger partial charge in [0, 0.05) is 21.5 Å². The standard InChI is InChI=1S/C20H15ClN2O2S/c21-15-8-11-18-17(12-15)19(13-4-2-1-3-5-13)20(23-18)14-6-9-16(10-7-14)26(22,24)25/h1-12,23H,(H2,22,24,25). The number of hydrogen-bond donors (Lipinski definition) is 2. The summed E-state index contributed by atoms with van der Waals surface area (Å²) in [6.45, 7) is 0. The van der Waals surface area contributed by atoms with E-state index in [0.29, 0.717) is 5.02 Å². The second-order valence-electron chi connectivity index (χ2n) is 6.00. The Kier molecular flexibility index (Phi) is 4.07. The Morgan fingerprint density at radius 2 is 1.54 bits per heavy atom. The van der Waals surface area contributed by atoms with Crippen molar-refractivity contribution in [3.05, 3.63) is 77.8 Å². The summed E-state index contributed by atoms with van der Waals surface area (Å²) in [6.07, 6.45) is 0. The normalized spacial score (nSPS) is 11.8. The minimum absolute atomic E-state index is 0.0849. The van der Waals surface area contributed by atoms with Crippen molar-refractivity contribution in [3.8, 4) is 22.4 Å².